The number of ether oxygens (including phenoxy) is 1. The Hall–Kier alpha value is -0.518. The minimum Gasteiger partial charge on any atom is -0.521 e. The molecule has 2 nitrogen and oxygen atoms in total. The van der Waals surface area contributed by atoms with E-state index in [1.54, 1.807) is 25.4 Å². The fourth-order valence-corrected chi connectivity index (χ4v) is 0.425. The second kappa shape index (κ2) is 4.37. The number of hydrogen-bond acceptors (Lipinski definition) is 2. The second-order valence-electron chi connectivity index (χ2n) is 1.32. The van der Waals surface area contributed by atoms with Gasteiger partial charge in [-0.1, -0.05) is 6.20 Å². The molecule has 0 bridgehead atoms. The summed E-state index contributed by atoms with van der Waals surface area (Å²) in [5.41, 5.74) is 0. The van der Waals surface area contributed by atoms with Crippen LogP contribution in [-0.2, 0) is 17.4 Å². The van der Waals surface area contributed by atoms with Crippen LogP contribution in [0.15, 0.2) is 18.3 Å². The molecule has 1 heterocycles. The number of rotatable bonds is 1. The first-order valence-corrected chi connectivity index (χ1v) is 2.30. The average molecular weight is 160 g/mol. The predicted molar refractivity (Wildman–Crippen MR) is 29.6 cm³/mol. The zero-order valence-corrected chi connectivity index (χ0v) is 6.27. The van der Waals surface area contributed by atoms with Crippen LogP contribution in [0, 0.1) is 6.20 Å². The summed E-state index contributed by atoms with van der Waals surface area (Å²) in [6.07, 6.45) is 4.30. The number of aromatic nitrogens is 1. The molecule has 0 amide bonds. The quantitative estimate of drug-likeness (QED) is 0.569. The first-order chi connectivity index (χ1) is 3.93. The molecular formula is C6H6CrNO-. The summed E-state index contributed by atoms with van der Waals surface area (Å²) in [5.74, 6) is 0.674. The van der Waals surface area contributed by atoms with Gasteiger partial charge < -0.3 is 9.72 Å². The van der Waals surface area contributed by atoms with E-state index in [4.69, 9.17) is 4.74 Å². The molecular weight excluding hydrogens is 154 g/mol. The number of pyridine rings is 1. The van der Waals surface area contributed by atoms with Gasteiger partial charge in [0.05, 0.1) is 7.11 Å². The molecule has 0 fully saturated rings. The van der Waals surface area contributed by atoms with Crippen molar-refractivity contribution >= 4 is 0 Å². The molecule has 1 rings (SSSR count). The third kappa shape index (κ3) is 2.50. The van der Waals surface area contributed by atoms with E-state index in [0.717, 1.165) is 0 Å². The smallest absolute Gasteiger partial charge is 0.0744 e. The molecule has 0 aliphatic rings. The van der Waals surface area contributed by atoms with Crippen molar-refractivity contribution in [3.05, 3.63) is 24.5 Å². The number of nitrogens with zero attached hydrogens (tertiary/aromatic N) is 1. The van der Waals surface area contributed by atoms with E-state index < -0.39 is 0 Å². The molecule has 0 N–H and O–H groups in total. The van der Waals surface area contributed by atoms with Crippen molar-refractivity contribution in [1.29, 1.82) is 0 Å². The van der Waals surface area contributed by atoms with Crippen molar-refractivity contribution < 1.29 is 22.1 Å². The minimum absolute atomic E-state index is 0. The van der Waals surface area contributed by atoms with Crippen LogP contribution >= 0.6 is 0 Å². The molecule has 0 unspecified atom stereocenters. The number of methoxy groups -OCH3 is 1. The first kappa shape index (κ1) is 8.48. The SMILES string of the molecule is COc1[c-]nccc1.[Cr]. The van der Waals surface area contributed by atoms with Crippen LogP contribution in [0.3, 0.4) is 0 Å². The summed E-state index contributed by atoms with van der Waals surface area (Å²) in [6.45, 7) is 0. The van der Waals surface area contributed by atoms with Gasteiger partial charge in [-0.25, -0.2) is 0 Å². The molecule has 0 aliphatic carbocycles. The summed E-state index contributed by atoms with van der Waals surface area (Å²) in [5, 5.41) is 0. The zero-order valence-electron chi connectivity index (χ0n) is 5.00. The van der Waals surface area contributed by atoms with Gasteiger partial charge in [-0.15, -0.1) is 6.07 Å². The van der Waals surface area contributed by atoms with E-state index in [2.05, 4.69) is 11.2 Å². The van der Waals surface area contributed by atoms with E-state index >= 15 is 0 Å². The van der Waals surface area contributed by atoms with E-state index in [9.17, 15) is 0 Å². The van der Waals surface area contributed by atoms with Gasteiger partial charge in [0.15, 0.2) is 0 Å². The summed E-state index contributed by atoms with van der Waals surface area (Å²) in [4.78, 5) is 3.71. The van der Waals surface area contributed by atoms with E-state index in [-0.39, 0.29) is 17.4 Å². The summed E-state index contributed by atoms with van der Waals surface area (Å²) in [6, 6.07) is 3.60. The fourth-order valence-electron chi connectivity index (χ4n) is 0.425. The average Bonchev–Trinajstić information content (AvgIpc) is 1.90. The molecule has 0 aliphatic heterocycles. The Bertz CT molecular complexity index is 154. The molecule has 48 valence electrons. The maximum Gasteiger partial charge on any atom is 0.0744 e. The van der Waals surface area contributed by atoms with Crippen LogP contribution in [0.4, 0.5) is 0 Å². The normalized spacial score (nSPS) is 7.67. The monoisotopic (exact) mass is 160 g/mol. The van der Waals surface area contributed by atoms with E-state index in [1.165, 1.54) is 0 Å². The predicted octanol–water partition coefficient (Wildman–Crippen LogP) is 0.888. The van der Waals surface area contributed by atoms with Gasteiger partial charge in [0.25, 0.3) is 0 Å². The van der Waals surface area contributed by atoms with Gasteiger partial charge >= 0.3 is 0 Å². The van der Waals surface area contributed by atoms with Gasteiger partial charge in [-0.2, -0.15) is 6.07 Å². The summed E-state index contributed by atoms with van der Waals surface area (Å²) in [7, 11) is 1.59. The van der Waals surface area contributed by atoms with Gasteiger partial charge in [0.2, 0.25) is 0 Å². The summed E-state index contributed by atoms with van der Waals surface area (Å²) < 4.78 is 4.80. The standard InChI is InChI=1S/C6H6NO.Cr/c1-8-6-3-2-4-7-5-6;/h2-4H,1H3;/q-1;. The van der Waals surface area contributed by atoms with E-state index in [0.29, 0.717) is 5.75 Å². The molecule has 0 saturated carbocycles. The molecule has 0 radical (unpaired) electrons. The van der Waals surface area contributed by atoms with E-state index in [1.807, 2.05) is 0 Å². The Balaban J connectivity index is 0.000000640. The molecule has 1 aromatic rings. The third-order valence-electron chi connectivity index (χ3n) is 0.803. The van der Waals surface area contributed by atoms with Crippen molar-refractivity contribution in [3.63, 3.8) is 0 Å². The Morgan fingerprint density at radius 1 is 1.67 bits per heavy atom. The summed E-state index contributed by atoms with van der Waals surface area (Å²) >= 11 is 0. The van der Waals surface area contributed by atoms with Crippen LogP contribution < -0.4 is 4.74 Å². The maximum atomic E-state index is 4.80. The van der Waals surface area contributed by atoms with Gasteiger partial charge in [0.1, 0.15) is 0 Å². The van der Waals surface area contributed by atoms with Crippen LogP contribution in [0.2, 0.25) is 0 Å². The topological polar surface area (TPSA) is 22.1 Å². The van der Waals surface area contributed by atoms with Crippen molar-refractivity contribution in [2.75, 3.05) is 7.11 Å². The second-order valence-corrected chi connectivity index (χ2v) is 1.32. The van der Waals surface area contributed by atoms with Crippen molar-refractivity contribution in [3.8, 4) is 5.75 Å². The zero-order chi connectivity index (χ0) is 5.82. The molecule has 1 aromatic heterocycles. The Labute approximate surface area is 65.0 Å². The van der Waals surface area contributed by atoms with Crippen LogP contribution in [0.1, 0.15) is 0 Å². The molecule has 9 heavy (non-hydrogen) atoms. The van der Waals surface area contributed by atoms with Crippen molar-refractivity contribution in [1.82, 2.24) is 4.98 Å². The Morgan fingerprint density at radius 3 is 2.78 bits per heavy atom. The Morgan fingerprint density at radius 2 is 2.44 bits per heavy atom. The largest absolute Gasteiger partial charge is 0.521 e. The molecule has 0 spiro atoms. The molecule has 0 atom stereocenters. The minimum atomic E-state index is 0. The Kier molecular flexibility index (Phi) is 4.12. The van der Waals surface area contributed by atoms with Gasteiger partial charge in [0, 0.05) is 23.1 Å². The van der Waals surface area contributed by atoms with Crippen LogP contribution in [0.25, 0.3) is 0 Å². The number of hydrogen-bond donors (Lipinski definition) is 0. The van der Waals surface area contributed by atoms with Gasteiger partial charge in [-0.05, 0) is 6.20 Å². The first-order valence-electron chi connectivity index (χ1n) is 2.30. The van der Waals surface area contributed by atoms with Crippen molar-refractivity contribution in [2.24, 2.45) is 0 Å². The van der Waals surface area contributed by atoms with Crippen LogP contribution in [0.5, 0.6) is 5.75 Å². The van der Waals surface area contributed by atoms with Gasteiger partial charge in [-0.3, -0.25) is 0 Å². The third-order valence-corrected chi connectivity index (χ3v) is 0.803. The van der Waals surface area contributed by atoms with Crippen molar-refractivity contribution in [2.45, 2.75) is 0 Å². The molecule has 0 saturated heterocycles. The fraction of sp³-hybridized carbons (Fsp3) is 0.167. The molecule has 0 aromatic carbocycles. The van der Waals surface area contributed by atoms with Crippen LogP contribution in [-0.4, -0.2) is 12.1 Å². The maximum absolute atomic E-state index is 4.80. The molecule has 3 heteroatoms.